The maximum Gasteiger partial charge on any atom is 0.272 e. The molecule has 0 saturated heterocycles. The second-order valence-corrected chi connectivity index (χ2v) is 11.2. The van der Waals surface area contributed by atoms with Crippen LogP contribution in [0.4, 0.5) is 11.4 Å². The summed E-state index contributed by atoms with van der Waals surface area (Å²) in [4.78, 5) is 39.9. The molecule has 0 spiro atoms. The Morgan fingerprint density at radius 3 is 2.30 bits per heavy atom. The number of thioether (sulfide) groups is 1. The Hall–Kier alpha value is -4.56. The van der Waals surface area contributed by atoms with E-state index >= 15 is 0 Å². The highest BCUT2D eigenvalue weighted by Gasteiger charge is 2.17. The molecule has 3 N–H and O–H groups in total. The van der Waals surface area contributed by atoms with E-state index in [1.54, 1.807) is 66.7 Å². The first-order valence-corrected chi connectivity index (χ1v) is 15.0. The molecule has 0 radical (unpaired) electrons. The lowest BCUT2D eigenvalue weighted by Crippen LogP contribution is -2.30. The van der Waals surface area contributed by atoms with E-state index in [-0.39, 0.29) is 22.4 Å². The topological polar surface area (TPSA) is 87.3 Å². The van der Waals surface area contributed by atoms with Crippen molar-refractivity contribution in [2.24, 2.45) is 0 Å². The van der Waals surface area contributed by atoms with Crippen LogP contribution in [0, 0.1) is 0 Å². The van der Waals surface area contributed by atoms with Crippen LogP contribution in [-0.2, 0) is 9.59 Å². The number of halogens is 2. The van der Waals surface area contributed by atoms with Gasteiger partial charge in [-0.05, 0) is 59.5 Å². The molecule has 214 valence electrons. The van der Waals surface area contributed by atoms with Gasteiger partial charge in [-0.1, -0.05) is 96.0 Å². The average Bonchev–Trinajstić information content (AvgIpc) is 3.02. The first kappa shape index (κ1) is 29.9. The Morgan fingerprint density at radius 1 is 0.744 bits per heavy atom. The second-order valence-electron chi connectivity index (χ2n) is 9.37. The van der Waals surface area contributed by atoms with Crippen LogP contribution < -0.4 is 16.0 Å². The molecule has 5 aromatic carbocycles. The highest BCUT2D eigenvalue weighted by molar-refractivity contribution is 8.00. The van der Waals surface area contributed by atoms with E-state index in [1.807, 2.05) is 48.5 Å². The highest BCUT2D eigenvalue weighted by Crippen LogP contribution is 2.28. The quantitative estimate of drug-likeness (QED) is 0.114. The Balaban J connectivity index is 1.29. The summed E-state index contributed by atoms with van der Waals surface area (Å²) < 4.78 is 0. The van der Waals surface area contributed by atoms with E-state index in [0.717, 1.165) is 21.4 Å². The largest absolute Gasteiger partial charge is 0.325 e. The molecule has 3 amide bonds. The van der Waals surface area contributed by atoms with Gasteiger partial charge in [-0.3, -0.25) is 14.4 Å². The zero-order chi connectivity index (χ0) is 30.2. The third kappa shape index (κ3) is 7.84. The number of fused-ring (bicyclic) bond motifs is 1. The molecular weight excluding hydrogens is 601 g/mol. The summed E-state index contributed by atoms with van der Waals surface area (Å²) in [6.45, 7) is 0. The van der Waals surface area contributed by atoms with Gasteiger partial charge < -0.3 is 16.0 Å². The molecule has 43 heavy (non-hydrogen) atoms. The molecule has 0 saturated carbocycles. The predicted octanol–water partition coefficient (Wildman–Crippen LogP) is 8.29. The van der Waals surface area contributed by atoms with Gasteiger partial charge in [-0.15, -0.1) is 11.8 Å². The van der Waals surface area contributed by atoms with E-state index in [9.17, 15) is 14.4 Å². The fourth-order valence-corrected chi connectivity index (χ4v) is 5.38. The maximum absolute atomic E-state index is 13.4. The number of hydrogen-bond acceptors (Lipinski definition) is 4. The van der Waals surface area contributed by atoms with Gasteiger partial charge >= 0.3 is 0 Å². The molecule has 0 bridgehead atoms. The Bertz CT molecular complexity index is 1840. The van der Waals surface area contributed by atoms with Crippen molar-refractivity contribution < 1.29 is 14.4 Å². The average molecular weight is 627 g/mol. The van der Waals surface area contributed by atoms with Crippen molar-refractivity contribution in [2.45, 2.75) is 4.90 Å². The second kappa shape index (κ2) is 14.1. The number of carbonyl (C=O) groups is 3. The van der Waals surface area contributed by atoms with Crippen molar-refractivity contribution in [3.05, 3.63) is 142 Å². The summed E-state index contributed by atoms with van der Waals surface area (Å²) >= 11 is 13.9. The number of benzene rings is 5. The van der Waals surface area contributed by atoms with Crippen LogP contribution in [-0.4, -0.2) is 23.5 Å². The summed E-state index contributed by atoms with van der Waals surface area (Å²) in [7, 11) is 0. The summed E-state index contributed by atoms with van der Waals surface area (Å²) in [6.07, 6.45) is 1.47. The fraction of sp³-hybridized carbons (Fsp3) is 0.0294. The van der Waals surface area contributed by atoms with E-state index in [0.29, 0.717) is 21.8 Å². The molecular formula is C34H25Cl2N3O3S. The lowest BCUT2D eigenvalue weighted by atomic mass is 10.1. The van der Waals surface area contributed by atoms with Crippen LogP contribution in [0.5, 0.6) is 0 Å². The van der Waals surface area contributed by atoms with Crippen LogP contribution in [0.25, 0.3) is 16.8 Å². The number of hydrogen-bond donors (Lipinski definition) is 3. The van der Waals surface area contributed by atoms with E-state index in [1.165, 1.54) is 17.8 Å². The normalized spacial score (nSPS) is 11.2. The Kier molecular flexibility index (Phi) is 9.79. The monoisotopic (exact) mass is 625 g/mol. The summed E-state index contributed by atoms with van der Waals surface area (Å²) in [5, 5.41) is 11.1. The maximum atomic E-state index is 13.4. The van der Waals surface area contributed by atoms with Gasteiger partial charge in [0.2, 0.25) is 5.91 Å². The van der Waals surface area contributed by atoms with E-state index < -0.39 is 11.8 Å². The van der Waals surface area contributed by atoms with Crippen LogP contribution >= 0.6 is 35.0 Å². The van der Waals surface area contributed by atoms with Gasteiger partial charge in [0.05, 0.1) is 15.8 Å². The smallest absolute Gasteiger partial charge is 0.272 e. The standard InChI is InChI=1S/C34H25Cl2N3O3S/c35-28-17-6-13-24(32(28)36)19-30(39-33(41)23-10-2-1-3-11-23)34(42)37-25-14-8-15-26(20-25)43-21-31(40)38-29-18-7-12-22-9-4-5-16-27(22)29/h1-20H,21H2,(H,37,42)(H,38,40)(H,39,41)/b30-19+. The van der Waals surface area contributed by atoms with Gasteiger partial charge in [-0.2, -0.15) is 0 Å². The molecule has 0 heterocycles. The number of amides is 3. The van der Waals surface area contributed by atoms with E-state index in [2.05, 4.69) is 16.0 Å². The summed E-state index contributed by atoms with van der Waals surface area (Å²) in [5.41, 5.74) is 2.07. The highest BCUT2D eigenvalue weighted by atomic mass is 35.5. The van der Waals surface area contributed by atoms with Crippen LogP contribution in [0.3, 0.4) is 0 Å². The van der Waals surface area contributed by atoms with Gasteiger partial charge in [0.15, 0.2) is 0 Å². The number of anilines is 2. The van der Waals surface area contributed by atoms with Crippen molar-refractivity contribution in [2.75, 3.05) is 16.4 Å². The molecule has 0 aliphatic rings. The third-order valence-corrected chi connectivity index (χ3v) is 8.16. The number of rotatable bonds is 9. The molecule has 0 aliphatic heterocycles. The van der Waals surface area contributed by atoms with Crippen LogP contribution in [0.1, 0.15) is 15.9 Å². The van der Waals surface area contributed by atoms with Crippen molar-refractivity contribution >= 4 is 80.9 Å². The minimum atomic E-state index is -0.559. The zero-order valence-electron chi connectivity index (χ0n) is 22.6. The molecule has 0 fully saturated rings. The third-order valence-electron chi connectivity index (χ3n) is 6.34. The van der Waals surface area contributed by atoms with Crippen molar-refractivity contribution in [1.29, 1.82) is 0 Å². The first-order chi connectivity index (χ1) is 20.9. The van der Waals surface area contributed by atoms with Crippen LogP contribution in [0.2, 0.25) is 10.0 Å². The van der Waals surface area contributed by atoms with E-state index in [4.69, 9.17) is 23.2 Å². The minimum absolute atomic E-state index is 0.0226. The SMILES string of the molecule is O=C(CSc1cccc(NC(=O)/C(=C\c2cccc(Cl)c2Cl)NC(=O)c2ccccc2)c1)Nc1cccc2ccccc12. The van der Waals surface area contributed by atoms with Gasteiger partial charge in [0, 0.05) is 27.2 Å². The van der Waals surface area contributed by atoms with Crippen molar-refractivity contribution in [3.8, 4) is 0 Å². The first-order valence-electron chi connectivity index (χ1n) is 13.2. The lowest BCUT2D eigenvalue weighted by Gasteiger charge is -2.13. The predicted molar refractivity (Wildman–Crippen MR) is 177 cm³/mol. The molecule has 0 aliphatic carbocycles. The summed E-state index contributed by atoms with van der Waals surface area (Å²) in [6, 6.07) is 34.3. The van der Waals surface area contributed by atoms with Gasteiger partial charge in [0.1, 0.15) is 5.70 Å². The molecule has 6 nitrogen and oxygen atoms in total. The molecule has 5 aromatic rings. The van der Waals surface area contributed by atoms with Gasteiger partial charge in [0.25, 0.3) is 11.8 Å². The molecule has 9 heteroatoms. The number of nitrogens with one attached hydrogen (secondary N) is 3. The van der Waals surface area contributed by atoms with Crippen molar-refractivity contribution in [3.63, 3.8) is 0 Å². The fourth-order valence-electron chi connectivity index (χ4n) is 4.26. The minimum Gasteiger partial charge on any atom is -0.325 e. The number of carbonyl (C=O) groups excluding carboxylic acids is 3. The zero-order valence-corrected chi connectivity index (χ0v) is 25.0. The Labute approximate surface area is 263 Å². The van der Waals surface area contributed by atoms with Crippen LogP contribution in [0.15, 0.2) is 126 Å². The Morgan fingerprint density at radius 2 is 1.47 bits per heavy atom. The summed E-state index contributed by atoms with van der Waals surface area (Å²) in [5.74, 6) is -0.993. The molecule has 0 aromatic heterocycles. The lowest BCUT2D eigenvalue weighted by molar-refractivity contribution is -0.114. The molecule has 5 rings (SSSR count). The van der Waals surface area contributed by atoms with Gasteiger partial charge in [-0.25, -0.2) is 0 Å². The molecule has 0 atom stereocenters. The molecule has 0 unspecified atom stereocenters. The van der Waals surface area contributed by atoms with Crippen molar-refractivity contribution in [1.82, 2.24) is 5.32 Å².